The first-order valence-corrected chi connectivity index (χ1v) is 4.82. The maximum atomic E-state index is 11.6. The van der Waals surface area contributed by atoms with Crippen molar-refractivity contribution in [2.45, 2.75) is 6.92 Å². The summed E-state index contributed by atoms with van der Waals surface area (Å²) in [5.41, 5.74) is 1.40. The van der Waals surface area contributed by atoms with E-state index >= 15 is 0 Å². The minimum atomic E-state index is -0.166. The van der Waals surface area contributed by atoms with Crippen molar-refractivity contribution < 1.29 is 0 Å². The molecule has 0 amide bonds. The first kappa shape index (κ1) is 9.56. The highest BCUT2D eigenvalue weighted by Gasteiger charge is 2.05. The van der Waals surface area contributed by atoms with Crippen molar-refractivity contribution in [3.8, 4) is 0 Å². The number of pyridine rings is 1. The third-order valence-electron chi connectivity index (χ3n) is 2.11. The molecule has 2 aromatic rings. The Morgan fingerprint density at radius 2 is 1.93 bits per heavy atom. The summed E-state index contributed by atoms with van der Waals surface area (Å²) in [5, 5.41) is 1.40. The van der Waals surface area contributed by atoms with Crippen molar-refractivity contribution in [1.29, 1.82) is 0 Å². The van der Waals surface area contributed by atoms with Crippen molar-refractivity contribution in [2.75, 3.05) is 0 Å². The van der Waals surface area contributed by atoms with Crippen LogP contribution in [0.4, 0.5) is 0 Å². The quantitative estimate of drug-likeness (QED) is 0.738. The van der Waals surface area contributed by atoms with E-state index in [-0.39, 0.29) is 10.5 Å². The van der Waals surface area contributed by atoms with Crippen LogP contribution in [0.25, 0.3) is 10.9 Å². The summed E-state index contributed by atoms with van der Waals surface area (Å²) < 4.78 is 0. The van der Waals surface area contributed by atoms with Gasteiger partial charge in [-0.25, -0.2) is 0 Å². The number of aryl methyl sites for hydroxylation is 1. The molecule has 0 aliphatic heterocycles. The summed E-state index contributed by atoms with van der Waals surface area (Å²) in [6.07, 6.45) is 1.47. The second-order valence-electron chi connectivity index (χ2n) is 3.11. The number of aromatic nitrogens is 1. The third kappa shape index (κ3) is 1.41. The Morgan fingerprint density at radius 3 is 2.64 bits per heavy atom. The minimum Gasteiger partial charge on any atom is -0.360 e. The molecule has 0 aliphatic rings. The smallest absolute Gasteiger partial charge is 0.207 e. The number of hydrogen-bond acceptors (Lipinski definition) is 1. The molecule has 0 bridgehead atoms. The Balaban J connectivity index is 2.97. The fraction of sp³-hybridized carbons (Fsp3) is 0.100. The van der Waals surface area contributed by atoms with E-state index in [1.165, 1.54) is 6.20 Å². The first-order chi connectivity index (χ1) is 6.59. The molecule has 1 aromatic carbocycles. The average Bonchev–Trinajstić information content (AvgIpc) is 2.15. The maximum absolute atomic E-state index is 11.6. The van der Waals surface area contributed by atoms with Crippen molar-refractivity contribution in [3.05, 3.63) is 44.2 Å². The third-order valence-corrected chi connectivity index (χ3v) is 2.80. The first-order valence-electron chi connectivity index (χ1n) is 4.06. The molecule has 2 nitrogen and oxygen atoms in total. The molecular formula is C10H7Cl2NO. The van der Waals surface area contributed by atoms with Gasteiger partial charge in [0.25, 0.3) is 0 Å². The number of hydrogen-bond donors (Lipinski definition) is 1. The molecule has 72 valence electrons. The number of benzene rings is 1. The maximum Gasteiger partial charge on any atom is 0.207 e. The van der Waals surface area contributed by atoms with Crippen LogP contribution in [0.2, 0.25) is 10.0 Å². The van der Waals surface area contributed by atoms with Gasteiger partial charge in [0.2, 0.25) is 5.43 Å². The summed E-state index contributed by atoms with van der Waals surface area (Å²) in [7, 11) is 0. The number of nitrogens with one attached hydrogen (secondary N) is 1. The Labute approximate surface area is 90.5 Å². The lowest BCUT2D eigenvalue weighted by molar-refractivity contribution is 1.37. The van der Waals surface area contributed by atoms with E-state index in [1.54, 1.807) is 12.1 Å². The molecule has 1 aromatic heterocycles. The fourth-order valence-electron chi connectivity index (χ4n) is 1.32. The molecule has 0 fully saturated rings. The second-order valence-corrected chi connectivity index (χ2v) is 3.93. The highest BCUT2D eigenvalue weighted by molar-refractivity contribution is 6.32. The Bertz CT molecular complexity index is 560. The molecule has 0 radical (unpaired) electrons. The molecule has 14 heavy (non-hydrogen) atoms. The molecule has 0 saturated heterocycles. The lowest BCUT2D eigenvalue weighted by Gasteiger charge is -2.01. The molecular weight excluding hydrogens is 221 g/mol. The molecule has 0 saturated carbocycles. The topological polar surface area (TPSA) is 32.9 Å². The predicted octanol–water partition coefficient (Wildman–Crippen LogP) is 3.14. The Kier molecular flexibility index (Phi) is 2.25. The van der Waals surface area contributed by atoms with E-state index in [1.807, 2.05) is 6.92 Å². The van der Waals surface area contributed by atoms with E-state index in [4.69, 9.17) is 23.2 Å². The number of H-pyrrole nitrogens is 1. The van der Waals surface area contributed by atoms with Crippen molar-refractivity contribution >= 4 is 34.1 Å². The molecule has 1 N–H and O–H groups in total. The van der Waals surface area contributed by atoms with Gasteiger partial charge in [0.1, 0.15) is 5.02 Å². The summed E-state index contributed by atoms with van der Waals surface area (Å²) in [4.78, 5) is 14.5. The summed E-state index contributed by atoms with van der Waals surface area (Å²) in [6, 6.07) is 3.46. The largest absolute Gasteiger partial charge is 0.360 e. The van der Waals surface area contributed by atoms with E-state index in [0.29, 0.717) is 15.9 Å². The van der Waals surface area contributed by atoms with Gasteiger partial charge in [-0.15, -0.1) is 0 Å². The second kappa shape index (κ2) is 3.30. The van der Waals surface area contributed by atoms with Gasteiger partial charge < -0.3 is 4.98 Å². The van der Waals surface area contributed by atoms with E-state index in [9.17, 15) is 4.79 Å². The Hall–Kier alpha value is -0.990. The highest BCUT2D eigenvalue weighted by atomic mass is 35.5. The van der Waals surface area contributed by atoms with Crippen LogP contribution in [-0.4, -0.2) is 4.98 Å². The Morgan fingerprint density at radius 1 is 1.21 bits per heavy atom. The van der Waals surface area contributed by atoms with Crippen LogP contribution >= 0.6 is 23.2 Å². The zero-order chi connectivity index (χ0) is 10.3. The zero-order valence-electron chi connectivity index (χ0n) is 7.40. The number of rotatable bonds is 0. The van der Waals surface area contributed by atoms with Crippen LogP contribution in [0.3, 0.4) is 0 Å². The fourth-order valence-corrected chi connectivity index (χ4v) is 1.64. The summed E-state index contributed by atoms with van der Waals surface area (Å²) in [5.74, 6) is 0. The van der Waals surface area contributed by atoms with Crippen LogP contribution in [-0.2, 0) is 0 Å². The van der Waals surface area contributed by atoms with Gasteiger partial charge >= 0.3 is 0 Å². The molecule has 0 unspecified atom stereocenters. The van der Waals surface area contributed by atoms with E-state index in [2.05, 4.69) is 4.98 Å². The van der Waals surface area contributed by atoms with Crippen LogP contribution in [0.1, 0.15) is 5.56 Å². The lowest BCUT2D eigenvalue weighted by atomic mass is 10.1. The van der Waals surface area contributed by atoms with Crippen LogP contribution in [0.15, 0.2) is 23.1 Å². The van der Waals surface area contributed by atoms with Gasteiger partial charge in [0, 0.05) is 16.6 Å². The number of aromatic amines is 1. The zero-order valence-corrected chi connectivity index (χ0v) is 8.91. The summed E-state index contributed by atoms with van der Waals surface area (Å²) >= 11 is 11.6. The molecule has 1 heterocycles. The molecule has 0 aliphatic carbocycles. The standard InChI is InChI=1S/C10H7Cl2NO/c1-5-2-6-9(3-7(5)11)13-4-8(12)10(6)14/h2-4H,1H3,(H,13,14). The normalized spacial score (nSPS) is 10.8. The van der Waals surface area contributed by atoms with Crippen molar-refractivity contribution in [2.24, 2.45) is 0 Å². The number of halogens is 2. The van der Waals surface area contributed by atoms with Gasteiger partial charge in [0.15, 0.2) is 0 Å². The van der Waals surface area contributed by atoms with Gasteiger partial charge in [0.05, 0.1) is 5.52 Å². The van der Waals surface area contributed by atoms with Crippen molar-refractivity contribution in [1.82, 2.24) is 4.98 Å². The number of fused-ring (bicyclic) bond motifs is 1. The molecule has 0 atom stereocenters. The molecule has 0 spiro atoms. The molecule has 4 heteroatoms. The van der Waals surface area contributed by atoms with Gasteiger partial charge in [-0.05, 0) is 24.6 Å². The van der Waals surface area contributed by atoms with E-state index < -0.39 is 0 Å². The van der Waals surface area contributed by atoms with Crippen LogP contribution in [0, 0.1) is 6.92 Å². The molecule has 2 rings (SSSR count). The average molecular weight is 228 g/mol. The predicted molar refractivity (Wildman–Crippen MR) is 59.3 cm³/mol. The summed E-state index contributed by atoms with van der Waals surface area (Å²) in [6.45, 7) is 1.85. The highest BCUT2D eigenvalue weighted by Crippen LogP contribution is 2.20. The van der Waals surface area contributed by atoms with Gasteiger partial charge in [-0.2, -0.15) is 0 Å². The van der Waals surface area contributed by atoms with E-state index in [0.717, 1.165) is 5.56 Å². The van der Waals surface area contributed by atoms with Crippen molar-refractivity contribution in [3.63, 3.8) is 0 Å². The van der Waals surface area contributed by atoms with Crippen LogP contribution in [0.5, 0.6) is 0 Å². The SMILES string of the molecule is Cc1cc2c(=O)c(Cl)c[nH]c2cc1Cl. The monoisotopic (exact) mass is 227 g/mol. The minimum absolute atomic E-state index is 0.166. The lowest BCUT2D eigenvalue weighted by Crippen LogP contribution is -2.03. The van der Waals surface area contributed by atoms with Crippen LogP contribution < -0.4 is 5.43 Å². The van der Waals surface area contributed by atoms with Gasteiger partial charge in [-0.3, -0.25) is 4.79 Å². The van der Waals surface area contributed by atoms with Gasteiger partial charge in [-0.1, -0.05) is 23.2 Å².